The van der Waals surface area contributed by atoms with Crippen molar-refractivity contribution in [3.63, 3.8) is 0 Å². The van der Waals surface area contributed by atoms with E-state index in [1.165, 1.54) is 18.2 Å². The smallest absolute Gasteiger partial charge is 0.313 e. The molecule has 2 aliphatic rings. The van der Waals surface area contributed by atoms with Crippen molar-refractivity contribution in [3.8, 4) is 11.5 Å². The lowest BCUT2D eigenvalue weighted by atomic mass is 9.92. The Kier molecular flexibility index (Phi) is 7.13. The molecule has 0 aliphatic carbocycles. The van der Waals surface area contributed by atoms with Crippen LogP contribution in [0.1, 0.15) is 42.5 Å². The molecule has 174 valence electrons. The predicted molar refractivity (Wildman–Crippen MR) is 124 cm³/mol. The van der Waals surface area contributed by atoms with Crippen LogP contribution in [0.25, 0.3) is 0 Å². The molecule has 2 amide bonds. The van der Waals surface area contributed by atoms with E-state index >= 15 is 0 Å². The molecule has 0 radical (unpaired) electrons. The zero-order valence-electron chi connectivity index (χ0n) is 18.2. The second-order valence-electron chi connectivity index (χ2n) is 8.52. The van der Waals surface area contributed by atoms with Crippen molar-refractivity contribution in [1.29, 1.82) is 0 Å². The number of amides is 2. The highest BCUT2D eigenvalue weighted by Crippen LogP contribution is 2.33. The average molecular weight is 472 g/mol. The van der Waals surface area contributed by atoms with Gasteiger partial charge in [-0.25, -0.2) is 0 Å². The Morgan fingerprint density at radius 3 is 2.30 bits per heavy atom. The number of carbonyl (C=O) groups excluding carboxylic acids is 2. The van der Waals surface area contributed by atoms with Gasteiger partial charge < -0.3 is 14.5 Å². The van der Waals surface area contributed by atoms with Gasteiger partial charge in [0.1, 0.15) is 5.75 Å². The third-order valence-corrected chi connectivity index (χ3v) is 6.51. The molecule has 2 aromatic carbocycles. The number of nitro benzene ring substituents is 1. The molecule has 2 saturated heterocycles. The topological polar surface area (TPSA) is 93.0 Å². The summed E-state index contributed by atoms with van der Waals surface area (Å²) < 4.78 is 5.64. The molecule has 0 aromatic heterocycles. The minimum Gasteiger partial charge on any atom is -0.450 e. The van der Waals surface area contributed by atoms with Gasteiger partial charge in [0.05, 0.1) is 4.92 Å². The summed E-state index contributed by atoms with van der Waals surface area (Å²) >= 11 is 5.84. The summed E-state index contributed by atoms with van der Waals surface area (Å²) in [6, 6.07) is 10.7. The molecule has 0 saturated carbocycles. The summed E-state index contributed by atoms with van der Waals surface area (Å²) in [5.41, 5.74) is 0.299. The number of likely N-dealkylation sites (tertiary alicyclic amines) is 2. The van der Waals surface area contributed by atoms with Crippen LogP contribution in [0.15, 0.2) is 42.5 Å². The van der Waals surface area contributed by atoms with Crippen molar-refractivity contribution >= 4 is 29.1 Å². The maximum absolute atomic E-state index is 12.9. The van der Waals surface area contributed by atoms with E-state index in [1.807, 2.05) is 9.80 Å². The fourth-order valence-corrected chi connectivity index (χ4v) is 4.54. The highest BCUT2D eigenvalue weighted by atomic mass is 35.5. The van der Waals surface area contributed by atoms with Gasteiger partial charge in [-0.1, -0.05) is 11.6 Å². The summed E-state index contributed by atoms with van der Waals surface area (Å²) in [6.07, 6.45) is 4.42. The number of ether oxygens (including phenoxy) is 1. The minimum atomic E-state index is -0.554. The van der Waals surface area contributed by atoms with Crippen LogP contribution in [-0.4, -0.2) is 52.7 Å². The number of hydrogen-bond acceptors (Lipinski definition) is 5. The molecule has 8 nitrogen and oxygen atoms in total. The Hall–Kier alpha value is -3.13. The molecular formula is C24H26ClN3O5. The maximum atomic E-state index is 12.9. The number of nitro groups is 1. The molecule has 2 fully saturated rings. The third kappa shape index (κ3) is 5.63. The molecule has 4 rings (SSSR count). The van der Waals surface area contributed by atoms with E-state index < -0.39 is 4.92 Å². The van der Waals surface area contributed by atoms with Crippen molar-refractivity contribution < 1.29 is 19.2 Å². The monoisotopic (exact) mass is 471 g/mol. The maximum Gasteiger partial charge on any atom is 0.313 e. The first-order valence-corrected chi connectivity index (χ1v) is 11.6. The van der Waals surface area contributed by atoms with Gasteiger partial charge in [0.2, 0.25) is 11.7 Å². The van der Waals surface area contributed by atoms with Crippen LogP contribution in [0.5, 0.6) is 11.5 Å². The second kappa shape index (κ2) is 10.2. The van der Waals surface area contributed by atoms with E-state index in [-0.39, 0.29) is 28.3 Å². The van der Waals surface area contributed by atoms with E-state index in [0.29, 0.717) is 36.7 Å². The molecule has 2 aromatic rings. The first-order chi connectivity index (χ1) is 15.9. The minimum absolute atomic E-state index is 0.0663. The zero-order valence-corrected chi connectivity index (χ0v) is 19.0. The van der Waals surface area contributed by atoms with Gasteiger partial charge in [-0.3, -0.25) is 19.7 Å². The predicted octanol–water partition coefficient (Wildman–Crippen LogP) is 4.91. The average Bonchev–Trinajstić information content (AvgIpc) is 3.36. The molecule has 0 spiro atoms. The molecular weight excluding hydrogens is 446 g/mol. The summed E-state index contributed by atoms with van der Waals surface area (Å²) in [5.74, 6) is 0.968. The van der Waals surface area contributed by atoms with Crippen LogP contribution >= 0.6 is 11.6 Å². The Balaban J connectivity index is 1.32. The van der Waals surface area contributed by atoms with Gasteiger partial charge in [0, 0.05) is 49.3 Å². The molecule has 0 N–H and O–H groups in total. The lowest BCUT2D eigenvalue weighted by Crippen LogP contribution is -2.40. The zero-order chi connectivity index (χ0) is 23.4. The van der Waals surface area contributed by atoms with E-state index in [0.717, 1.165) is 38.8 Å². The molecule has 0 bridgehead atoms. The Labute approximate surface area is 197 Å². The van der Waals surface area contributed by atoms with Crippen LogP contribution in [0.3, 0.4) is 0 Å². The number of halogens is 1. The summed E-state index contributed by atoms with van der Waals surface area (Å²) in [4.78, 5) is 39.7. The Morgan fingerprint density at radius 1 is 1.00 bits per heavy atom. The lowest BCUT2D eigenvalue weighted by molar-refractivity contribution is -0.385. The van der Waals surface area contributed by atoms with Crippen LogP contribution in [0.4, 0.5) is 5.69 Å². The summed E-state index contributed by atoms with van der Waals surface area (Å²) in [6.45, 7) is 3.01. The highest BCUT2D eigenvalue weighted by molar-refractivity contribution is 6.30. The van der Waals surface area contributed by atoms with Crippen molar-refractivity contribution in [2.24, 2.45) is 5.92 Å². The van der Waals surface area contributed by atoms with E-state index in [9.17, 15) is 19.7 Å². The Morgan fingerprint density at radius 2 is 1.67 bits per heavy atom. The lowest BCUT2D eigenvalue weighted by Gasteiger charge is -2.32. The molecule has 0 unspecified atom stereocenters. The van der Waals surface area contributed by atoms with Gasteiger partial charge in [-0.2, -0.15) is 0 Å². The van der Waals surface area contributed by atoms with Crippen molar-refractivity contribution in [2.75, 3.05) is 26.2 Å². The van der Waals surface area contributed by atoms with Gasteiger partial charge in [0.15, 0.2) is 0 Å². The SMILES string of the molecule is O=C(CC1CCN(C(=O)c2ccc(Oc3ccc(Cl)cc3[N+](=O)[O-])cc2)CC1)N1CCCC1. The third-order valence-electron chi connectivity index (χ3n) is 6.27. The fourth-order valence-electron chi connectivity index (χ4n) is 4.38. The standard InChI is InChI=1S/C24H26ClN3O5/c25-19-5-8-22(21(16-19)28(31)32)33-20-6-3-18(4-7-20)24(30)27-13-9-17(10-14-27)15-23(29)26-11-1-2-12-26/h3-8,16-17H,1-2,9-15H2. The van der Waals surface area contributed by atoms with Crippen LogP contribution < -0.4 is 4.74 Å². The largest absolute Gasteiger partial charge is 0.450 e. The number of nitrogens with zero attached hydrogens (tertiary/aromatic N) is 3. The van der Waals surface area contributed by atoms with Crippen molar-refractivity contribution in [1.82, 2.24) is 9.80 Å². The molecule has 0 atom stereocenters. The van der Waals surface area contributed by atoms with Crippen LogP contribution in [-0.2, 0) is 4.79 Å². The number of hydrogen-bond donors (Lipinski definition) is 0. The Bertz CT molecular complexity index is 1030. The number of benzene rings is 2. The van der Waals surface area contributed by atoms with E-state index in [2.05, 4.69) is 0 Å². The second-order valence-corrected chi connectivity index (χ2v) is 8.96. The fraction of sp³-hybridized carbons (Fsp3) is 0.417. The molecule has 2 aliphatic heterocycles. The van der Waals surface area contributed by atoms with Gasteiger partial charge in [-0.05, 0) is 68.0 Å². The highest BCUT2D eigenvalue weighted by Gasteiger charge is 2.27. The molecule has 2 heterocycles. The van der Waals surface area contributed by atoms with Gasteiger partial charge >= 0.3 is 5.69 Å². The first kappa shape index (κ1) is 23.0. The quantitative estimate of drug-likeness (QED) is 0.441. The van der Waals surface area contributed by atoms with Crippen molar-refractivity contribution in [2.45, 2.75) is 32.1 Å². The van der Waals surface area contributed by atoms with E-state index in [4.69, 9.17) is 16.3 Å². The van der Waals surface area contributed by atoms with Crippen LogP contribution in [0, 0.1) is 16.0 Å². The van der Waals surface area contributed by atoms with Crippen molar-refractivity contribution in [3.05, 3.63) is 63.2 Å². The first-order valence-electron chi connectivity index (χ1n) is 11.2. The van der Waals surface area contributed by atoms with Crippen LogP contribution in [0.2, 0.25) is 5.02 Å². The number of piperidine rings is 1. The molecule has 33 heavy (non-hydrogen) atoms. The number of rotatable bonds is 6. The summed E-state index contributed by atoms with van der Waals surface area (Å²) in [5, 5.41) is 11.5. The molecule has 9 heteroatoms. The van der Waals surface area contributed by atoms with Gasteiger partial charge in [-0.15, -0.1) is 0 Å². The summed E-state index contributed by atoms with van der Waals surface area (Å²) in [7, 11) is 0. The normalized spacial score (nSPS) is 16.6. The van der Waals surface area contributed by atoms with Gasteiger partial charge in [0.25, 0.3) is 5.91 Å². The van der Waals surface area contributed by atoms with E-state index in [1.54, 1.807) is 24.3 Å². The number of carbonyl (C=O) groups is 2.